The van der Waals surface area contributed by atoms with Crippen LogP contribution >= 0.6 is 0 Å². The van der Waals surface area contributed by atoms with E-state index in [0.717, 1.165) is 33.0 Å². The van der Waals surface area contributed by atoms with Gasteiger partial charge in [-0.3, -0.25) is 0 Å². The van der Waals surface area contributed by atoms with Crippen molar-refractivity contribution in [2.45, 2.75) is 0 Å². The van der Waals surface area contributed by atoms with E-state index in [9.17, 15) is 4.79 Å². The normalized spacial score (nSPS) is 11.3. The van der Waals surface area contributed by atoms with E-state index in [0.29, 0.717) is 11.3 Å². The van der Waals surface area contributed by atoms with Crippen LogP contribution in [0.4, 0.5) is 0 Å². The molecule has 0 saturated carbocycles. The fourth-order valence-electron chi connectivity index (χ4n) is 3.86. The second-order valence-corrected chi connectivity index (χ2v) is 6.63. The van der Waals surface area contributed by atoms with Crippen molar-refractivity contribution < 1.29 is 4.42 Å². The van der Waals surface area contributed by atoms with Gasteiger partial charge >= 0.3 is 5.63 Å². The largest absolute Gasteiger partial charge is 0.405 e. The van der Waals surface area contributed by atoms with Crippen LogP contribution in [0.5, 0.6) is 0 Å². The summed E-state index contributed by atoms with van der Waals surface area (Å²) >= 11 is 0. The summed E-state index contributed by atoms with van der Waals surface area (Å²) in [5, 5.41) is 2.05. The number of nitrogens with zero attached hydrogens (tertiary/aromatic N) is 1. The van der Waals surface area contributed by atoms with Crippen molar-refractivity contribution in [3.8, 4) is 22.3 Å². The first-order valence-electron chi connectivity index (χ1n) is 8.91. The van der Waals surface area contributed by atoms with Crippen LogP contribution in [0.15, 0.2) is 94.1 Å². The lowest BCUT2D eigenvalue weighted by Gasteiger charge is -2.11. The zero-order chi connectivity index (χ0) is 18.4. The number of fused-ring (bicyclic) bond motifs is 3. The number of aromatic nitrogens is 1. The molecule has 2 aromatic heterocycles. The summed E-state index contributed by atoms with van der Waals surface area (Å²) in [5.74, 6) is 0. The zero-order valence-corrected chi connectivity index (χ0v) is 14.8. The maximum absolute atomic E-state index is 13.1. The van der Waals surface area contributed by atoms with Gasteiger partial charge in [-0.1, -0.05) is 78.9 Å². The summed E-state index contributed by atoms with van der Waals surface area (Å²) < 4.78 is 7.78. The molecule has 0 fully saturated rings. The smallest absolute Gasteiger partial charge is 0.346 e. The van der Waals surface area contributed by atoms with Gasteiger partial charge in [-0.2, -0.15) is 0 Å². The Morgan fingerprint density at radius 1 is 0.704 bits per heavy atom. The monoisotopic (exact) mass is 351 g/mol. The lowest BCUT2D eigenvalue weighted by Crippen LogP contribution is -2.06. The van der Waals surface area contributed by atoms with Gasteiger partial charge < -0.3 is 8.98 Å². The maximum atomic E-state index is 13.1. The minimum absolute atomic E-state index is 0.321. The second-order valence-electron chi connectivity index (χ2n) is 6.63. The molecule has 3 aromatic carbocycles. The Morgan fingerprint density at radius 2 is 1.26 bits per heavy atom. The Kier molecular flexibility index (Phi) is 3.47. The SMILES string of the molecule is Cn1c2ccccc2c2c(-c3ccccc3)c(-c3ccccc3)c(=O)oc21. The maximum Gasteiger partial charge on any atom is 0.346 e. The van der Waals surface area contributed by atoms with Crippen LogP contribution in [0, 0.1) is 0 Å². The summed E-state index contributed by atoms with van der Waals surface area (Å²) in [5.41, 5.74) is 4.71. The van der Waals surface area contributed by atoms with E-state index >= 15 is 0 Å². The highest BCUT2D eigenvalue weighted by molar-refractivity contribution is 6.15. The Bertz CT molecular complexity index is 1330. The quantitative estimate of drug-likeness (QED) is 0.414. The number of aryl methyl sites for hydroxylation is 1. The van der Waals surface area contributed by atoms with Crippen molar-refractivity contribution in [3.05, 3.63) is 95.3 Å². The van der Waals surface area contributed by atoms with Gasteiger partial charge in [0.1, 0.15) is 0 Å². The molecule has 0 amide bonds. The van der Waals surface area contributed by atoms with Crippen molar-refractivity contribution >= 4 is 22.0 Å². The first-order chi connectivity index (χ1) is 13.3. The standard InChI is InChI=1S/C24H17NO2/c1-25-19-15-9-8-14-18(19)22-20(16-10-4-2-5-11-16)21(24(26)27-23(22)25)17-12-6-3-7-13-17/h2-15H,1H3. The van der Waals surface area contributed by atoms with E-state index in [4.69, 9.17) is 4.42 Å². The lowest BCUT2D eigenvalue weighted by molar-refractivity contribution is 0.540. The summed E-state index contributed by atoms with van der Waals surface area (Å²) in [6.07, 6.45) is 0. The van der Waals surface area contributed by atoms with E-state index in [1.807, 2.05) is 90.5 Å². The molecule has 3 nitrogen and oxygen atoms in total. The average molecular weight is 351 g/mol. The Labute approximate surface area is 156 Å². The minimum Gasteiger partial charge on any atom is -0.405 e. The zero-order valence-electron chi connectivity index (χ0n) is 14.8. The van der Waals surface area contributed by atoms with Crippen LogP contribution in [-0.4, -0.2) is 4.57 Å². The number of hydrogen-bond acceptors (Lipinski definition) is 2. The van der Waals surface area contributed by atoms with Crippen molar-refractivity contribution in [2.75, 3.05) is 0 Å². The molecule has 2 heterocycles. The number of rotatable bonds is 2. The van der Waals surface area contributed by atoms with Crippen molar-refractivity contribution in [1.82, 2.24) is 4.57 Å². The predicted octanol–water partition coefficient (Wildman–Crippen LogP) is 5.62. The molecule has 0 aliphatic rings. The highest BCUT2D eigenvalue weighted by Crippen LogP contribution is 2.40. The van der Waals surface area contributed by atoms with Crippen LogP contribution in [0.25, 0.3) is 44.3 Å². The van der Waals surface area contributed by atoms with Crippen LogP contribution in [-0.2, 0) is 7.05 Å². The summed E-state index contributed by atoms with van der Waals surface area (Å²) in [7, 11) is 1.94. The molecular formula is C24H17NO2. The molecule has 0 radical (unpaired) electrons. The fourth-order valence-corrected chi connectivity index (χ4v) is 3.86. The molecule has 130 valence electrons. The van der Waals surface area contributed by atoms with Gasteiger partial charge in [-0.15, -0.1) is 0 Å². The van der Waals surface area contributed by atoms with Gasteiger partial charge in [0, 0.05) is 18.0 Å². The van der Waals surface area contributed by atoms with Gasteiger partial charge in [-0.05, 0) is 17.2 Å². The minimum atomic E-state index is -0.321. The van der Waals surface area contributed by atoms with Gasteiger partial charge in [0.15, 0.2) is 0 Å². The predicted molar refractivity (Wildman–Crippen MR) is 110 cm³/mol. The van der Waals surface area contributed by atoms with Crippen molar-refractivity contribution in [2.24, 2.45) is 7.05 Å². The lowest BCUT2D eigenvalue weighted by atomic mass is 9.93. The van der Waals surface area contributed by atoms with E-state index in [1.54, 1.807) is 0 Å². The fraction of sp³-hybridized carbons (Fsp3) is 0.0417. The second kappa shape index (κ2) is 5.99. The Balaban J connectivity index is 2.06. The molecule has 0 bridgehead atoms. The van der Waals surface area contributed by atoms with Gasteiger partial charge in [0.25, 0.3) is 0 Å². The van der Waals surface area contributed by atoms with Gasteiger partial charge in [-0.25, -0.2) is 4.79 Å². The number of benzene rings is 3. The molecule has 0 spiro atoms. The van der Waals surface area contributed by atoms with Crippen molar-refractivity contribution in [3.63, 3.8) is 0 Å². The van der Waals surface area contributed by atoms with Gasteiger partial charge in [0.05, 0.1) is 16.5 Å². The van der Waals surface area contributed by atoms with E-state index in [-0.39, 0.29) is 5.63 Å². The van der Waals surface area contributed by atoms with Crippen molar-refractivity contribution in [1.29, 1.82) is 0 Å². The number of para-hydroxylation sites is 1. The Morgan fingerprint density at radius 3 is 1.93 bits per heavy atom. The molecule has 0 N–H and O–H groups in total. The summed E-state index contributed by atoms with van der Waals surface area (Å²) in [6.45, 7) is 0. The first-order valence-corrected chi connectivity index (χ1v) is 8.91. The molecule has 0 unspecified atom stereocenters. The molecule has 0 aliphatic heterocycles. The topological polar surface area (TPSA) is 35.1 Å². The molecule has 0 saturated heterocycles. The molecule has 5 aromatic rings. The average Bonchev–Trinajstić information content (AvgIpc) is 3.00. The molecule has 27 heavy (non-hydrogen) atoms. The highest BCUT2D eigenvalue weighted by Gasteiger charge is 2.22. The third-order valence-corrected chi connectivity index (χ3v) is 5.07. The summed E-state index contributed by atoms with van der Waals surface area (Å²) in [6, 6.07) is 27.9. The third-order valence-electron chi connectivity index (χ3n) is 5.07. The molecule has 0 atom stereocenters. The van der Waals surface area contributed by atoms with E-state index in [2.05, 4.69) is 6.07 Å². The molecule has 3 heteroatoms. The molecular weight excluding hydrogens is 334 g/mol. The van der Waals surface area contributed by atoms with Crippen LogP contribution < -0.4 is 5.63 Å². The van der Waals surface area contributed by atoms with Gasteiger partial charge in [0.2, 0.25) is 5.71 Å². The van der Waals surface area contributed by atoms with Crippen LogP contribution in [0.1, 0.15) is 0 Å². The first kappa shape index (κ1) is 15.6. The summed E-state index contributed by atoms with van der Waals surface area (Å²) in [4.78, 5) is 13.1. The van der Waals surface area contributed by atoms with Crippen LogP contribution in [0.3, 0.4) is 0 Å². The molecule has 5 rings (SSSR count). The highest BCUT2D eigenvalue weighted by atomic mass is 16.4. The van der Waals surface area contributed by atoms with E-state index < -0.39 is 0 Å². The molecule has 0 aliphatic carbocycles. The van der Waals surface area contributed by atoms with Crippen LogP contribution in [0.2, 0.25) is 0 Å². The van der Waals surface area contributed by atoms with E-state index in [1.165, 1.54) is 0 Å². The third kappa shape index (κ3) is 2.32. The Hall–Kier alpha value is -3.59. The number of hydrogen-bond donors (Lipinski definition) is 0.